The number of carbonyl (C=O) groups is 1. The van der Waals surface area contributed by atoms with Crippen LogP contribution in [0.1, 0.15) is 37.7 Å². The zero-order valence-electron chi connectivity index (χ0n) is 9.47. The molecule has 0 saturated heterocycles. The van der Waals surface area contributed by atoms with Gasteiger partial charge in [-0.2, -0.15) is 0 Å². The Balaban J connectivity index is 2.42. The molecule has 0 heterocycles. The molecule has 1 aliphatic rings. The van der Waals surface area contributed by atoms with Gasteiger partial charge in [-0.05, 0) is 18.8 Å². The predicted octanol–water partition coefficient (Wildman–Crippen LogP) is 3.58. The normalized spacial score (nSPS) is 25.1. The minimum absolute atomic E-state index is 0.160. The molecular formula is C13H13F3O. The van der Waals surface area contributed by atoms with Crippen molar-refractivity contribution in [2.24, 2.45) is 5.92 Å². The van der Waals surface area contributed by atoms with Crippen molar-refractivity contribution in [1.82, 2.24) is 0 Å². The fourth-order valence-electron chi connectivity index (χ4n) is 2.38. The number of hydrogen-bond donors (Lipinski definition) is 0. The summed E-state index contributed by atoms with van der Waals surface area (Å²) in [6.45, 7) is 1.94. The van der Waals surface area contributed by atoms with Gasteiger partial charge >= 0.3 is 0 Å². The molecule has 0 aliphatic heterocycles. The summed E-state index contributed by atoms with van der Waals surface area (Å²) >= 11 is 0. The third-order valence-electron chi connectivity index (χ3n) is 3.30. The smallest absolute Gasteiger partial charge is 0.140 e. The summed E-state index contributed by atoms with van der Waals surface area (Å²) in [6, 6.07) is 1.26. The Bertz CT molecular complexity index is 433. The third-order valence-corrected chi connectivity index (χ3v) is 3.30. The Labute approximate surface area is 97.6 Å². The molecule has 1 aromatic carbocycles. The minimum Gasteiger partial charge on any atom is -0.299 e. The monoisotopic (exact) mass is 242 g/mol. The minimum atomic E-state index is -0.963. The first-order valence-corrected chi connectivity index (χ1v) is 5.66. The molecule has 2 atom stereocenters. The molecule has 92 valence electrons. The second-order valence-corrected chi connectivity index (χ2v) is 4.68. The van der Waals surface area contributed by atoms with Crippen molar-refractivity contribution < 1.29 is 18.0 Å². The molecule has 0 amide bonds. The Morgan fingerprint density at radius 1 is 1.18 bits per heavy atom. The number of ketones is 1. The van der Waals surface area contributed by atoms with Crippen LogP contribution in [0.25, 0.3) is 0 Å². The van der Waals surface area contributed by atoms with Crippen LogP contribution in [0, 0.1) is 23.4 Å². The average molecular weight is 242 g/mol. The number of Topliss-reactive ketones (excluding diaryl/α,β-unsaturated/α-hetero) is 1. The van der Waals surface area contributed by atoms with Crippen LogP contribution in [-0.2, 0) is 4.79 Å². The maximum Gasteiger partial charge on any atom is 0.140 e. The van der Waals surface area contributed by atoms with E-state index in [9.17, 15) is 18.0 Å². The summed E-state index contributed by atoms with van der Waals surface area (Å²) in [5.41, 5.74) is -0.275. The van der Waals surface area contributed by atoms with E-state index < -0.39 is 23.4 Å². The van der Waals surface area contributed by atoms with Gasteiger partial charge in [-0.3, -0.25) is 4.79 Å². The quantitative estimate of drug-likeness (QED) is 0.735. The van der Waals surface area contributed by atoms with Gasteiger partial charge < -0.3 is 0 Å². The maximum atomic E-state index is 13.6. The lowest BCUT2D eigenvalue weighted by atomic mass is 9.77. The molecule has 1 nitrogen and oxygen atoms in total. The van der Waals surface area contributed by atoms with Gasteiger partial charge in [0.1, 0.15) is 23.2 Å². The number of halogens is 3. The Morgan fingerprint density at radius 3 is 2.35 bits per heavy atom. The Morgan fingerprint density at radius 2 is 1.76 bits per heavy atom. The van der Waals surface area contributed by atoms with Gasteiger partial charge in [0.2, 0.25) is 0 Å². The van der Waals surface area contributed by atoms with E-state index in [0.717, 1.165) is 6.42 Å². The second-order valence-electron chi connectivity index (χ2n) is 4.68. The van der Waals surface area contributed by atoms with E-state index in [1.165, 1.54) is 0 Å². The van der Waals surface area contributed by atoms with E-state index in [4.69, 9.17) is 0 Å². The first kappa shape index (κ1) is 12.1. The van der Waals surface area contributed by atoms with E-state index in [2.05, 4.69) is 0 Å². The summed E-state index contributed by atoms with van der Waals surface area (Å²) in [4.78, 5) is 11.7. The number of rotatable bonds is 1. The highest BCUT2D eigenvalue weighted by Gasteiger charge is 2.32. The van der Waals surface area contributed by atoms with Crippen LogP contribution in [0.2, 0.25) is 0 Å². The van der Waals surface area contributed by atoms with Gasteiger partial charge in [0.05, 0.1) is 0 Å². The molecule has 0 radical (unpaired) electrons. The molecule has 0 N–H and O–H groups in total. The number of carbonyl (C=O) groups excluding carboxylic acids is 1. The molecule has 0 bridgehead atoms. The molecule has 2 rings (SSSR count). The first-order valence-electron chi connectivity index (χ1n) is 5.66. The summed E-state index contributed by atoms with van der Waals surface area (Å²) in [7, 11) is 0. The van der Waals surface area contributed by atoms with E-state index in [1.54, 1.807) is 0 Å². The lowest BCUT2D eigenvalue weighted by Crippen LogP contribution is -2.23. The highest BCUT2D eigenvalue weighted by Crippen LogP contribution is 2.36. The molecule has 1 unspecified atom stereocenters. The van der Waals surface area contributed by atoms with Crippen LogP contribution in [0.15, 0.2) is 12.1 Å². The lowest BCUT2D eigenvalue weighted by Gasteiger charge is -2.26. The van der Waals surface area contributed by atoms with E-state index in [0.29, 0.717) is 25.0 Å². The zero-order valence-corrected chi connectivity index (χ0v) is 9.47. The molecule has 1 aliphatic carbocycles. The number of hydrogen-bond acceptors (Lipinski definition) is 1. The second kappa shape index (κ2) is 4.51. The predicted molar refractivity (Wildman–Crippen MR) is 57.1 cm³/mol. The van der Waals surface area contributed by atoms with Crippen LogP contribution < -0.4 is 0 Å². The molecular weight excluding hydrogens is 229 g/mol. The largest absolute Gasteiger partial charge is 0.299 e. The van der Waals surface area contributed by atoms with Crippen LogP contribution in [0.3, 0.4) is 0 Å². The zero-order chi connectivity index (χ0) is 12.6. The highest BCUT2D eigenvalue weighted by atomic mass is 19.1. The summed E-state index contributed by atoms with van der Waals surface area (Å²) in [5, 5.41) is 0. The number of benzene rings is 1. The summed E-state index contributed by atoms with van der Waals surface area (Å²) in [5.74, 6) is -3.56. The topological polar surface area (TPSA) is 17.1 Å². The SMILES string of the molecule is C[C@H]1CCC(=O)C(c2c(F)cc(F)cc2F)C1. The van der Waals surface area contributed by atoms with Crippen LogP contribution in [0.4, 0.5) is 13.2 Å². The van der Waals surface area contributed by atoms with Crippen LogP contribution in [0.5, 0.6) is 0 Å². The Kier molecular flexibility index (Phi) is 3.22. The fourth-order valence-corrected chi connectivity index (χ4v) is 2.38. The molecule has 4 heteroatoms. The first-order chi connectivity index (χ1) is 7.99. The van der Waals surface area contributed by atoms with Crippen molar-refractivity contribution in [2.75, 3.05) is 0 Å². The van der Waals surface area contributed by atoms with Crippen molar-refractivity contribution in [2.45, 2.75) is 32.1 Å². The van der Waals surface area contributed by atoms with Gasteiger partial charge in [-0.25, -0.2) is 13.2 Å². The molecule has 1 saturated carbocycles. The van der Waals surface area contributed by atoms with Crippen molar-refractivity contribution in [1.29, 1.82) is 0 Å². The molecule has 0 aromatic heterocycles. The maximum absolute atomic E-state index is 13.6. The lowest BCUT2D eigenvalue weighted by molar-refractivity contribution is -0.122. The van der Waals surface area contributed by atoms with E-state index >= 15 is 0 Å². The van der Waals surface area contributed by atoms with Crippen molar-refractivity contribution in [3.05, 3.63) is 35.1 Å². The van der Waals surface area contributed by atoms with Crippen LogP contribution >= 0.6 is 0 Å². The van der Waals surface area contributed by atoms with Gasteiger partial charge in [-0.15, -0.1) is 0 Å². The molecule has 17 heavy (non-hydrogen) atoms. The average Bonchev–Trinajstić information content (AvgIpc) is 2.21. The van der Waals surface area contributed by atoms with Gasteiger partial charge in [0, 0.05) is 30.0 Å². The summed E-state index contributed by atoms with van der Waals surface area (Å²) < 4.78 is 39.9. The van der Waals surface area contributed by atoms with E-state index in [1.807, 2.05) is 6.92 Å². The van der Waals surface area contributed by atoms with Gasteiger partial charge in [0.15, 0.2) is 0 Å². The standard InChI is InChI=1S/C13H13F3O/c1-7-2-3-12(17)9(4-7)13-10(15)5-8(14)6-11(13)16/h5-7,9H,2-4H2,1H3/t7-,9?/m0/s1. The van der Waals surface area contributed by atoms with Crippen molar-refractivity contribution >= 4 is 5.78 Å². The van der Waals surface area contributed by atoms with E-state index in [-0.39, 0.29) is 17.3 Å². The third kappa shape index (κ3) is 2.35. The highest BCUT2D eigenvalue weighted by molar-refractivity contribution is 5.86. The molecule has 0 spiro atoms. The molecule has 1 fully saturated rings. The molecule has 1 aromatic rings. The summed E-state index contributed by atoms with van der Waals surface area (Å²) in [6.07, 6.45) is 1.51. The van der Waals surface area contributed by atoms with Gasteiger partial charge in [-0.1, -0.05) is 6.92 Å². The fraction of sp³-hybridized carbons (Fsp3) is 0.462. The van der Waals surface area contributed by atoms with Gasteiger partial charge in [0.25, 0.3) is 0 Å². The van der Waals surface area contributed by atoms with Crippen molar-refractivity contribution in [3.8, 4) is 0 Å². The van der Waals surface area contributed by atoms with Crippen molar-refractivity contribution in [3.63, 3.8) is 0 Å². The Hall–Kier alpha value is -1.32. The van der Waals surface area contributed by atoms with Crippen LogP contribution in [-0.4, -0.2) is 5.78 Å².